The molecule has 1 amide bonds. The third kappa shape index (κ3) is 3.79. The fourth-order valence-electron chi connectivity index (χ4n) is 2.60. The Morgan fingerprint density at radius 3 is 2.65 bits per heavy atom. The maximum Gasteiger partial charge on any atom is 0.273 e. The molecule has 23 heavy (non-hydrogen) atoms. The summed E-state index contributed by atoms with van der Waals surface area (Å²) in [5, 5.41) is 2.82. The molecule has 1 aliphatic carbocycles. The second-order valence-corrected chi connectivity index (χ2v) is 7.24. The average Bonchev–Trinajstić information content (AvgIpc) is 3.24. The number of thiazole rings is 1. The van der Waals surface area contributed by atoms with Gasteiger partial charge in [-0.15, -0.1) is 11.3 Å². The largest absolute Gasteiger partial charge is 0.333 e. The zero-order valence-corrected chi connectivity index (χ0v) is 14.8. The number of hydrogen-bond acceptors (Lipinski definition) is 4. The van der Waals surface area contributed by atoms with Crippen molar-refractivity contribution in [1.82, 2.24) is 14.8 Å². The standard InChI is InChI=1S/C18H23N3OS/c1-13-6-4-5-7-15(13)17-19-16(12-23-17)18(22)21(14-8-9-14)11-10-20(2)3/h4-7,12,14H,8-11H2,1-3H3. The summed E-state index contributed by atoms with van der Waals surface area (Å²) in [5.74, 6) is 0.0745. The number of benzene rings is 1. The van der Waals surface area contributed by atoms with E-state index in [9.17, 15) is 4.79 Å². The Hall–Kier alpha value is -1.72. The van der Waals surface area contributed by atoms with E-state index in [-0.39, 0.29) is 5.91 Å². The molecule has 0 N–H and O–H groups in total. The molecule has 122 valence electrons. The lowest BCUT2D eigenvalue weighted by Crippen LogP contribution is -2.38. The number of aryl methyl sites for hydroxylation is 1. The van der Waals surface area contributed by atoms with Gasteiger partial charge in [0.25, 0.3) is 5.91 Å². The van der Waals surface area contributed by atoms with Crippen molar-refractivity contribution in [3.05, 3.63) is 40.9 Å². The monoisotopic (exact) mass is 329 g/mol. The molecule has 0 unspecified atom stereocenters. The first-order chi connectivity index (χ1) is 11.1. The average molecular weight is 329 g/mol. The van der Waals surface area contributed by atoms with E-state index < -0.39 is 0 Å². The summed E-state index contributed by atoms with van der Waals surface area (Å²) in [5.41, 5.74) is 2.88. The summed E-state index contributed by atoms with van der Waals surface area (Å²) < 4.78 is 0. The zero-order chi connectivity index (χ0) is 16.4. The van der Waals surface area contributed by atoms with Crippen molar-refractivity contribution < 1.29 is 4.79 Å². The van der Waals surface area contributed by atoms with Crippen LogP contribution in [0.2, 0.25) is 0 Å². The first-order valence-electron chi connectivity index (χ1n) is 8.03. The topological polar surface area (TPSA) is 36.4 Å². The molecule has 0 saturated heterocycles. The number of aromatic nitrogens is 1. The van der Waals surface area contributed by atoms with Crippen LogP contribution in [-0.4, -0.2) is 53.9 Å². The molecule has 1 aliphatic rings. The Labute approximate surface area is 141 Å². The molecular formula is C18H23N3OS. The number of nitrogens with zero attached hydrogens (tertiary/aromatic N) is 3. The van der Waals surface area contributed by atoms with Gasteiger partial charge in [-0.1, -0.05) is 24.3 Å². The molecule has 0 bridgehead atoms. The van der Waals surface area contributed by atoms with E-state index in [0.717, 1.165) is 36.5 Å². The van der Waals surface area contributed by atoms with Gasteiger partial charge < -0.3 is 9.80 Å². The maximum absolute atomic E-state index is 12.8. The minimum absolute atomic E-state index is 0.0745. The minimum Gasteiger partial charge on any atom is -0.333 e. The van der Waals surface area contributed by atoms with Crippen LogP contribution in [0.5, 0.6) is 0 Å². The lowest BCUT2D eigenvalue weighted by molar-refractivity contribution is 0.0727. The predicted molar refractivity (Wildman–Crippen MR) is 94.9 cm³/mol. The van der Waals surface area contributed by atoms with E-state index >= 15 is 0 Å². The summed E-state index contributed by atoms with van der Waals surface area (Å²) in [4.78, 5) is 21.5. The van der Waals surface area contributed by atoms with Gasteiger partial charge in [0, 0.05) is 30.1 Å². The Morgan fingerprint density at radius 2 is 2.00 bits per heavy atom. The Kier molecular flexibility index (Phi) is 4.78. The highest BCUT2D eigenvalue weighted by Crippen LogP contribution is 2.30. The van der Waals surface area contributed by atoms with Crippen LogP contribution >= 0.6 is 11.3 Å². The third-order valence-electron chi connectivity index (χ3n) is 4.14. The molecule has 0 atom stereocenters. The highest BCUT2D eigenvalue weighted by Gasteiger charge is 2.33. The van der Waals surface area contributed by atoms with Crippen LogP contribution in [-0.2, 0) is 0 Å². The molecule has 2 aromatic rings. The molecule has 0 aliphatic heterocycles. The summed E-state index contributed by atoms with van der Waals surface area (Å²) in [6, 6.07) is 8.58. The molecule has 3 rings (SSSR count). The highest BCUT2D eigenvalue weighted by molar-refractivity contribution is 7.13. The van der Waals surface area contributed by atoms with Crippen LogP contribution in [0.1, 0.15) is 28.9 Å². The molecule has 1 heterocycles. The Bertz CT molecular complexity index is 691. The highest BCUT2D eigenvalue weighted by atomic mass is 32.1. The zero-order valence-electron chi connectivity index (χ0n) is 14.0. The molecular weight excluding hydrogens is 306 g/mol. The Balaban J connectivity index is 1.78. The predicted octanol–water partition coefficient (Wildman–Crippen LogP) is 3.28. The van der Waals surface area contributed by atoms with Crippen LogP contribution < -0.4 is 0 Å². The van der Waals surface area contributed by atoms with Gasteiger partial charge in [-0.25, -0.2) is 4.98 Å². The molecule has 1 saturated carbocycles. The van der Waals surface area contributed by atoms with E-state index in [1.165, 1.54) is 5.56 Å². The van der Waals surface area contributed by atoms with Crippen molar-refractivity contribution in [1.29, 1.82) is 0 Å². The number of rotatable bonds is 6. The van der Waals surface area contributed by atoms with E-state index in [1.807, 2.05) is 36.5 Å². The number of carbonyl (C=O) groups excluding carboxylic acids is 1. The molecule has 0 radical (unpaired) electrons. The first kappa shape index (κ1) is 16.1. The number of carbonyl (C=O) groups is 1. The molecule has 1 fully saturated rings. The van der Waals surface area contributed by atoms with E-state index in [0.29, 0.717) is 11.7 Å². The van der Waals surface area contributed by atoms with Crippen LogP contribution in [0, 0.1) is 6.92 Å². The third-order valence-corrected chi connectivity index (χ3v) is 5.01. The summed E-state index contributed by atoms with van der Waals surface area (Å²) in [7, 11) is 4.07. The lowest BCUT2D eigenvalue weighted by atomic mass is 10.1. The number of amides is 1. The second-order valence-electron chi connectivity index (χ2n) is 6.39. The summed E-state index contributed by atoms with van der Waals surface area (Å²) >= 11 is 1.55. The molecule has 1 aromatic carbocycles. The van der Waals surface area contributed by atoms with Gasteiger partial charge in [-0.3, -0.25) is 4.79 Å². The fourth-order valence-corrected chi connectivity index (χ4v) is 3.48. The van der Waals surface area contributed by atoms with Crippen molar-refractivity contribution in [2.45, 2.75) is 25.8 Å². The molecule has 4 nitrogen and oxygen atoms in total. The van der Waals surface area contributed by atoms with Crippen molar-refractivity contribution in [3.8, 4) is 10.6 Å². The van der Waals surface area contributed by atoms with Gasteiger partial charge in [-0.2, -0.15) is 0 Å². The van der Waals surface area contributed by atoms with E-state index in [1.54, 1.807) is 11.3 Å². The fraction of sp³-hybridized carbons (Fsp3) is 0.444. The molecule has 0 spiro atoms. The van der Waals surface area contributed by atoms with Gasteiger partial charge in [0.2, 0.25) is 0 Å². The Morgan fingerprint density at radius 1 is 1.26 bits per heavy atom. The van der Waals surface area contributed by atoms with Gasteiger partial charge in [-0.05, 0) is 39.4 Å². The van der Waals surface area contributed by atoms with Crippen molar-refractivity contribution in [3.63, 3.8) is 0 Å². The lowest BCUT2D eigenvalue weighted by Gasteiger charge is -2.23. The SMILES string of the molecule is Cc1ccccc1-c1nc(C(=O)N(CCN(C)C)C2CC2)cs1. The minimum atomic E-state index is 0.0745. The number of hydrogen-bond donors (Lipinski definition) is 0. The van der Waals surface area contributed by atoms with Crippen molar-refractivity contribution in [2.75, 3.05) is 27.2 Å². The summed E-state index contributed by atoms with van der Waals surface area (Å²) in [6.45, 7) is 3.73. The maximum atomic E-state index is 12.8. The first-order valence-corrected chi connectivity index (χ1v) is 8.91. The van der Waals surface area contributed by atoms with Crippen LogP contribution in [0.3, 0.4) is 0 Å². The van der Waals surface area contributed by atoms with Gasteiger partial charge in [0.1, 0.15) is 10.7 Å². The second kappa shape index (κ2) is 6.81. The van der Waals surface area contributed by atoms with Crippen molar-refractivity contribution in [2.24, 2.45) is 0 Å². The van der Waals surface area contributed by atoms with E-state index in [2.05, 4.69) is 28.9 Å². The molecule has 5 heteroatoms. The van der Waals surface area contributed by atoms with Gasteiger partial charge in [0.05, 0.1) is 0 Å². The normalized spacial score (nSPS) is 14.3. The number of likely N-dealkylation sites (N-methyl/N-ethyl adjacent to an activating group) is 1. The van der Waals surface area contributed by atoms with Crippen LogP contribution in [0.25, 0.3) is 10.6 Å². The van der Waals surface area contributed by atoms with Crippen LogP contribution in [0.4, 0.5) is 0 Å². The molecule has 1 aromatic heterocycles. The van der Waals surface area contributed by atoms with Crippen molar-refractivity contribution >= 4 is 17.2 Å². The quantitative estimate of drug-likeness (QED) is 0.816. The summed E-state index contributed by atoms with van der Waals surface area (Å²) in [6.07, 6.45) is 2.24. The van der Waals surface area contributed by atoms with Gasteiger partial charge >= 0.3 is 0 Å². The van der Waals surface area contributed by atoms with E-state index in [4.69, 9.17) is 0 Å². The van der Waals surface area contributed by atoms with Gasteiger partial charge in [0.15, 0.2) is 0 Å². The smallest absolute Gasteiger partial charge is 0.273 e. The van der Waals surface area contributed by atoms with Crippen LogP contribution in [0.15, 0.2) is 29.6 Å².